The summed E-state index contributed by atoms with van der Waals surface area (Å²) in [7, 11) is -3.94. The van der Waals surface area contributed by atoms with Crippen LogP contribution >= 0.6 is 0 Å². The molecule has 2 unspecified atom stereocenters. The van der Waals surface area contributed by atoms with Gasteiger partial charge in [0, 0.05) is 34.5 Å². The van der Waals surface area contributed by atoms with Gasteiger partial charge in [0.1, 0.15) is 0 Å². The third kappa shape index (κ3) is 4.51. The Hall–Kier alpha value is -1.45. The molecule has 0 aliphatic carbocycles. The quantitative estimate of drug-likeness (QED) is 0.563. The molecule has 0 spiro atoms. The number of anilines is 1. The predicted octanol–water partition coefficient (Wildman–Crippen LogP) is 0.101. The van der Waals surface area contributed by atoms with Gasteiger partial charge in [-0.05, 0) is 25.1 Å². The summed E-state index contributed by atoms with van der Waals surface area (Å²) < 4.78 is 42.6. The fourth-order valence-corrected chi connectivity index (χ4v) is 3.20. The van der Waals surface area contributed by atoms with Crippen LogP contribution in [0.4, 0.5) is 5.69 Å². The van der Waals surface area contributed by atoms with Crippen LogP contribution in [0.3, 0.4) is 0 Å². The van der Waals surface area contributed by atoms with Crippen LogP contribution in [0, 0.1) is 0 Å². The highest BCUT2D eigenvalue weighted by atomic mass is 32.2. The molecule has 0 aliphatic heterocycles. The first-order valence-corrected chi connectivity index (χ1v) is 9.09. The van der Waals surface area contributed by atoms with E-state index in [2.05, 4.69) is 9.46 Å². The Bertz CT molecular complexity index is 658. The summed E-state index contributed by atoms with van der Waals surface area (Å²) >= 11 is 0. The molecule has 0 amide bonds. The second-order valence-electron chi connectivity index (χ2n) is 4.41. The van der Waals surface area contributed by atoms with Crippen molar-refractivity contribution in [1.29, 1.82) is 0 Å². The number of benzene rings is 1. The molecule has 0 saturated carbocycles. The molecule has 3 N–H and O–H groups in total. The van der Waals surface area contributed by atoms with Gasteiger partial charge in [0.2, 0.25) is 10.0 Å². The topological polar surface area (TPSA) is 116 Å². The molecule has 118 valence electrons. The number of esters is 1. The minimum Gasteiger partial charge on any atom is -0.465 e. The molecule has 0 fully saturated rings. The Balaban J connectivity index is 3.14. The number of methoxy groups -OCH3 is 1. The van der Waals surface area contributed by atoms with Gasteiger partial charge in [-0.25, -0.2) is 17.9 Å². The Labute approximate surface area is 126 Å². The smallest absolute Gasteiger partial charge is 0.339 e. The van der Waals surface area contributed by atoms with Gasteiger partial charge in [0.15, 0.2) is 0 Å². The van der Waals surface area contributed by atoms with Gasteiger partial charge in [-0.3, -0.25) is 4.21 Å². The first-order chi connectivity index (χ1) is 9.69. The summed E-state index contributed by atoms with van der Waals surface area (Å²) in [5.74, 6) is -0.796. The number of nitrogens with two attached hydrogens (primary N) is 1. The molecule has 21 heavy (non-hydrogen) atoms. The number of nitrogen functional groups attached to an aromatic ring is 1. The maximum atomic E-state index is 12.3. The number of sulfonamides is 1. The Morgan fingerprint density at radius 2 is 2.10 bits per heavy atom. The van der Waals surface area contributed by atoms with Crippen LogP contribution < -0.4 is 10.5 Å². The van der Waals surface area contributed by atoms with Crippen LogP contribution in [0.25, 0.3) is 0 Å². The van der Waals surface area contributed by atoms with Crippen LogP contribution in [0.15, 0.2) is 23.1 Å². The van der Waals surface area contributed by atoms with Gasteiger partial charge >= 0.3 is 5.97 Å². The van der Waals surface area contributed by atoms with Crippen molar-refractivity contribution in [3.8, 4) is 0 Å². The average molecular weight is 334 g/mol. The fraction of sp³-hybridized carbons (Fsp3) is 0.417. The van der Waals surface area contributed by atoms with E-state index in [1.54, 1.807) is 6.92 Å². The monoisotopic (exact) mass is 334 g/mol. The van der Waals surface area contributed by atoms with Crippen molar-refractivity contribution in [2.75, 3.05) is 25.6 Å². The highest BCUT2D eigenvalue weighted by molar-refractivity contribution is 7.89. The van der Waals surface area contributed by atoms with Crippen molar-refractivity contribution in [1.82, 2.24) is 4.72 Å². The number of ether oxygens (including phenoxy) is 1. The third-order valence-corrected chi connectivity index (χ3v) is 5.61. The summed E-state index contributed by atoms with van der Waals surface area (Å²) in [6, 6.07) is 3.85. The van der Waals surface area contributed by atoms with Crippen molar-refractivity contribution in [2.24, 2.45) is 0 Å². The lowest BCUT2D eigenvalue weighted by atomic mass is 10.2. The minimum absolute atomic E-state index is 0.00354. The van der Waals surface area contributed by atoms with E-state index < -0.39 is 26.8 Å². The average Bonchev–Trinajstić information content (AvgIpc) is 2.43. The zero-order valence-electron chi connectivity index (χ0n) is 12.0. The largest absolute Gasteiger partial charge is 0.465 e. The molecule has 0 aromatic heterocycles. The van der Waals surface area contributed by atoms with Crippen molar-refractivity contribution in [3.05, 3.63) is 23.8 Å². The fourth-order valence-electron chi connectivity index (χ4n) is 1.47. The first-order valence-electron chi connectivity index (χ1n) is 5.98. The third-order valence-electron chi connectivity index (χ3n) is 2.83. The summed E-state index contributed by atoms with van der Waals surface area (Å²) in [6.07, 6.45) is 1.49. The Morgan fingerprint density at radius 1 is 1.48 bits per heavy atom. The second kappa shape index (κ2) is 7.01. The molecule has 1 rings (SSSR count). The maximum absolute atomic E-state index is 12.3. The molecule has 0 heterocycles. The van der Waals surface area contributed by atoms with Gasteiger partial charge in [0.05, 0.1) is 17.6 Å². The summed E-state index contributed by atoms with van der Waals surface area (Å²) in [5, 5.41) is -0.352. The van der Waals surface area contributed by atoms with E-state index in [9.17, 15) is 17.4 Å². The lowest BCUT2D eigenvalue weighted by Gasteiger charge is -2.13. The van der Waals surface area contributed by atoms with Crippen LogP contribution in [-0.2, 0) is 25.6 Å². The molecule has 7 nitrogen and oxygen atoms in total. The summed E-state index contributed by atoms with van der Waals surface area (Å²) in [5.41, 5.74) is 5.67. The van der Waals surface area contributed by atoms with Crippen molar-refractivity contribution < 1.29 is 22.2 Å². The molecule has 2 atom stereocenters. The Kier molecular flexibility index (Phi) is 5.87. The molecule has 1 aromatic rings. The van der Waals surface area contributed by atoms with E-state index in [0.29, 0.717) is 0 Å². The van der Waals surface area contributed by atoms with E-state index in [1.807, 2.05) is 0 Å². The van der Waals surface area contributed by atoms with E-state index >= 15 is 0 Å². The van der Waals surface area contributed by atoms with Crippen molar-refractivity contribution in [2.45, 2.75) is 17.1 Å². The van der Waals surface area contributed by atoms with Crippen molar-refractivity contribution >= 4 is 32.5 Å². The number of nitrogens with one attached hydrogen (secondary N) is 1. The number of rotatable bonds is 6. The maximum Gasteiger partial charge on any atom is 0.339 e. The number of hydrogen-bond donors (Lipinski definition) is 2. The van der Waals surface area contributed by atoms with Crippen LogP contribution in [0.2, 0.25) is 0 Å². The van der Waals surface area contributed by atoms with Crippen LogP contribution in [-0.4, -0.2) is 43.8 Å². The molecule has 0 saturated heterocycles. The molecular formula is C12H18N2O5S2. The van der Waals surface area contributed by atoms with Gasteiger partial charge in [-0.2, -0.15) is 0 Å². The second-order valence-corrected chi connectivity index (χ2v) is 7.95. The number of hydrogen-bond acceptors (Lipinski definition) is 6. The van der Waals surface area contributed by atoms with Gasteiger partial charge in [-0.1, -0.05) is 0 Å². The molecule has 9 heteroatoms. The first kappa shape index (κ1) is 17.6. The van der Waals surface area contributed by atoms with E-state index in [-0.39, 0.29) is 27.9 Å². The predicted molar refractivity (Wildman–Crippen MR) is 80.9 cm³/mol. The standard InChI is InChI=1S/C12H18N2O5S2/c1-8(20(3)16)7-14-21(17,18)11-5-4-9(13)6-10(11)12(15)19-2/h4-6,8,14H,7,13H2,1-3H3. The highest BCUT2D eigenvalue weighted by Gasteiger charge is 2.24. The Morgan fingerprint density at radius 3 is 2.62 bits per heavy atom. The molecule has 0 radical (unpaired) electrons. The SMILES string of the molecule is COC(=O)c1cc(N)ccc1S(=O)(=O)NCC(C)S(C)=O. The number of carbonyl (C=O) groups excluding carboxylic acids is 1. The van der Waals surface area contributed by atoms with E-state index in [1.165, 1.54) is 24.5 Å². The zero-order valence-corrected chi connectivity index (χ0v) is 13.6. The highest BCUT2D eigenvalue weighted by Crippen LogP contribution is 2.19. The van der Waals surface area contributed by atoms with Gasteiger partial charge in [-0.15, -0.1) is 0 Å². The summed E-state index contributed by atoms with van der Waals surface area (Å²) in [4.78, 5) is 11.4. The normalized spacial score (nSPS) is 14.4. The minimum atomic E-state index is -3.93. The van der Waals surface area contributed by atoms with Gasteiger partial charge < -0.3 is 10.5 Å². The van der Waals surface area contributed by atoms with E-state index in [0.717, 1.165) is 7.11 Å². The zero-order chi connectivity index (χ0) is 16.2. The van der Waals surface area contributed by atoms with Gasteiger partial charge in [0.25, 0.3) is 0 Å². The number of carbonyl (C=O) groups is 1. The van der Waals surface area contributed by atoms with Crippen molar-refractivity contribution in [3.63, 3.8) is 0 Å². The van der Waals surface area contributed by atoms with E-state index in [4.69, 9.17) is 5.73 Å². The lowest BCUT2D eigenvalue weighted by Crippen LogP contribution is -2.33. The molecular weight excluding hydrogens is 316 g/mol. The molecule has 0 aliphatic rings. The molecule has 0 bridgehead atoms. The van der Waals surface area contributed by atoms with Crippen LogP contribution in [0.5, 0.6) is 0 Å². The summed E-state index contributed by atoms with van der Waals surface area (Å²) in [6.45, 7) is 1.65. The lowest BCUT2D eigenvalue weighted by molar-refractivity contribution is 0.0596. The molecule has 1 aromatic carbocycles. The van der Waals surface area contributed by atoms with Crippen LogP contribution in [0.1, 0.15) is 17.3 Å².